The van der Waals surface area contributed by atoms with Crippen LogP contribution in [0.5, 0.6) is 0 Å². The summed E-state index contributed by atoms with van der Waals surface area (Å²) in [6.07, 6.45) is 4.78. The normalized spacial score (nSPS) is 30.8. The smallest absolute Gasteiger partial charge is 0.0700 e. The lowest BCUT2D eigenvalue weighted by molar-refractivity contribution is 0.0604. The Labute approximate surface area is 98.0 Å². The third-order valence-electron chi connectivity index (χ3n) is 3.98. The van der Waals surface area contributed by atoms with Crippen LogP contribution in [0.3, 0.4) is 0 Å². The largest absolute Gasteiger partial charge is 0.394 e. The van der Waals surface area contributed by atoms with Crippen molar-refractivity contribution in [3.8, 4) is 0 Å². The van der Waals surface area contributed by atoms with Crippen molar-refractivity contribution in [2.75, 3.05) is 39.9 Å². The molecule has 2 aliphatic heterocycles. The summed E-state index contributed by atoms with van der Waals surface area (Å²) in [4.78, 5) is 2.32. The Bertz CT molecular complexity index is 209. The van der Waals surface area contributed by atoms with Gasteiger partial charge in [0.1, 0.15) is 0 Å². The minimum absolute atomic E-state index is 0.0571. The first-order valence-corrected chi connectivity index (χ1v) is 6.40. The van der Waals surface area contributed by atoms with Gasteiger partial charge in [0, 0.05) is 18.7 Å². The predicted octanol–water partition coefficient (Wildman–Crippen LogP) is 0.212. The maximum atomic E-state index is 9.58. The van der Waals surface area contributed by atoms with Gasteiger partial charge in [-0.3, -0.25) is 0 Å². The molecule has 0 bridgehead atoms. The summed E-state index contributed by atoms with van der Waals surface area (Å²) < 4.78 is 5.60. The second-order valence-electron chi connectivity index (χ2n) is 5.26. The predicted molar refractivity (Wildman–Crippen MR) is 63.5 cm³/mol. The number of likely N-dealkylation sites (tertiary alicyclic amines) is 1. The Hall–Kier alpha value is -0.160. The molecule has 16 heavy (non-hydrogen) atoms. The summed E-state index contributed by atoms with van der Waals surface area (Å²) in [5.41, 5.74) is -0.0571. The minimum Gasteiger partial charge on any atom is -0.394 e. The topological polar surface area (TPSA) is 44.7 Å². The molecule has 0 saturated carbocycles. The van der Waals surface area contributed by atoms with Crippen molar-refractivity contribution in [1.82, 2.24) is 10.2 Å². The zero-order chi connectivity index (χ0) is 11.4. The molecule has 4 heteroatoms. The Morgan fingerprint density at radius 1 is 1.44 bits per heavy atom. The number of aliphatic hydroxyl groups excluding tert-OH is 1. The van der Waals surface area contributed by atoms with Gasteiger partial charge < -0.3 is 20.1 Å². The van der Waals surface area contributed by atoms with E-state index in [9.17, 15) is 5.11 Å². The highest BCUT2D eigenvalue weighted by Gasteiger charge is 2.33. The van der Waals surface area contributed by atoms with E-state index in [1.165, 1.54) is 6.42 Å². The Morgan fingerprint density at radius 3 is 2.75 bits per heavy atom. The Morgan fingerprint density at radius 2 is 2.19 bits per heavy atom. The van der Waals surface area contributed by atoms with Gasteiger partial charge in [0.25, 0.3) is 0 Å². The molecule has 4 nitrogen and oxygen atoms in total. The van der Waals surface area contributed by atoms with Crippen LogP contribution in [0.4, 0.5) is 0 Å². The van der Waals surface area contributed by atoms with Gasteiger partial charge >= 0.3 is 0 Å². The standard InChI is InChI=1S/C12H24N2O2/c1-14-6-4-12(10-15,5-7-14)13-9-11-3-2-8-16-11/h11,13,15H,2-10H2,1H3. The van der Waals surface area contributed by atoms with Crippen LogP contribution in [0, 0.1) is 0 Å². The summed E-state index contributed by atoms with van der Waals surface area (Å²) in [5.74, 6) is 0. The number of ether oxygens (including phenoxy) is 1. The number of piperidine rings is 1. The van der Waals surface area contributed by atoms with E-state index >= 15 is 0 Å². The van der Waals surface area contributed by atoms with Crippen LogP contribution in [0.15, 0.2) is 0 Å². The third-order valence-corrected chi connectivity index (χ3v) is 3.98. The van der Waals surface area contributed by atoms with E-state index in [-0.39, 0.29) is 12.1 Å². The second-order valence-corrected chi connectivity index (χ2v) is 5.26. The molecule has 0 aromatic rings. The van der Waals surface area contributed by atoms with Crippen LogP contribution < -0.4 is 5.32 Å². The summed E-state index contributed by atoms with van der Waals surface area (Å²) in [6, 6.07) is 0. The molecular formula is C12H24N2O2. The average molecular weight is 228 g/mol. The SMILES string of the molecule is CN1CCC(CO)(NCC2CCCO2)CC1. The fraction of sp³-hybridized carbons (Fsp3) is 1.00. The van der Waals surface area contributed by atoms with E-state index in [4.69, 9.17) is 4.74 Å². The number of hydrogen-bond donors (Lipinski definition) is 2. The first-order valence-electron chi connectivity index (χ1n) is 6.40. The molecule has 0 aromatic carbocycles. The van der Waals surface area contributed by atoms with E-state index in [0.29, 0.717) is 6.10 Å². The first-order chi connectivity index (χ1) is 7.74. The lowest BCUT2D eigenvalue weighted by Gasteiger charge is -2.40. The van der Waals surface area contributed by atoms with E-state index < -0.39 is 0 Å². The molecule has 0 aromatic heterocycles. The average Bonchev–Trinajstić information content (AvgIpc) is 2.82. The lowest BCUT2D eigenvalue weighted by Crippen LogP contribution is -2.56. The number of nitrogens with one attached hydrogen (secondary N) is 1. The van der Waals surface area contributed by atoms with Gasteiger partial charge in [-0.2, -0.15) is 0 Å². The lowest BCUT2D eigenvalue weighted by atomic mass is 9.88. The van der Waals surface area contributed by atoms with Crippen LogP contribution in [0.2, 0.25) is 0 Å². The number of nitrogens with zero attached hydrogens (tertiary/aromatic N) is 1. The molecule has 2 N–H and O–H groups in total. The molecule has 2 rings (SSSR count). The van der Waals surface area contributed by atoms with E-state index in [1.807, 2.05) is 0 Å². The van der Waals surface area contributed by atoms with Gasteiger partial charge in [0.15, 0.2) is 0 Å². The number of hydrogen-bond acceptors (Lipinski definition) is 4. The van der Waals surface area contributed by atoms with Crippen LogP contribution in [-0.2, 0) is 4.74 Å². The van der Waals surface area contributed by atoms with E-state index in [0.717, 1.165) is 45.5 Å². The van der Waals surface area contributed by atoms with Gasteiger partial charge in [0.2, 0.25) is 0 Å². The molecule has 0 aliphatic carbocycles. The first kappa shape index (κ1) is 12.3. The van der Waals surface area contributed by atoms with Gasteiger partial charge in [0.05, 0.1) is 12.7 Å². The summed E-state index contributed by atoms with van der Waals surface area (Å²) >= 11 is 0. The molecule has 1 unspecified atom stereocenters. The highest BCUT2D eigenvalue weighted by molar-refractivity contribution is 4.93. The van der Waals surface area contributed by atoms with Crippen molar-refractivity contribution in [2.24, 2.45) is 0 Å². The fourth-order valence-corrected chi connectivity index (χ4v) is 2.57. The maximum absolute atomic E-state index is 9.58. The second kappa shape index (κ2) is 5.45. The summed E-state index contributed by atoms with van der Waals surface area (Å²) in [6.45, 7) is 4.18. The highest BCUT2D eigenvalue weighted by Crippen LogP contribution is 2.22. The highest BCUT2D eigenvalue weighted by atomic mass is 16.5. The molecule has 0 radical (unpaired) electrons. The molecule has 0 amide bonds. The maximum Gasteiger partial charge on any atom is 0.0700 e. The van der Waals surface area contributed by atoms with E-state index in [1.54, 1.807) is 0 Å². The van der Waals surface area contributed by atoms with Crippen LogP contribution in [0.1, 0.15) is 25.7 Å². The molecule has 2 aliphatic rings. The third kappa shape index (κ3) is 2.94. The zero-order valence-electron chi connectivity index (χ0n) is 10.2. The Balaban J connectivity index is 1.79. The van der Waals surface area contributed by atoms with Crippen molar-refractivity contribution in [2.45, 2.75) is 37.3 Å². The molecule has 2 heterocycles. The molecular weight excluding hydrogens is 204 g/mol. The molecule has 1 atom stereocenters. The molecule has 2 fully saturated rings. The van der Waals surface area contributed by atoms with Crippen molar-refractivity contribution in [3.63, 3.8) is 0 Å². The van der Waals surface area contributed by atoms with Gasteiger partial charge in [-0.05, 0) is 45.8 Å². The quantitative estimate of drug-likeness (QED) is 0.722. The van der Waals surface area contributed by atoms with Crippen molar-refractivity contribution >= 4 is 0 Å². The monoisotopic (exact) mass is 228 g/mol. The van der Waals surface area contributed by atoms with Crippen LogP contribution >= 0.6 is 0 Å². The Kier molecular flexibility index (Phi) is 4.19. The van der Waals surface area contributed by atoms with E-state index in [2.05, 4.69) is 17.3 Å². The summed E-state index contributed by atoms with van der Waals surface area (Å²) in [7, 11) is 2.14. The van der Waals surface area contributed by atoms with Crippen molar-refractivity contribution in [1.29, 1.82) is 0 Å². The molecule has 2 saturated heterocycles. The fourth-order valence-electron chi connectivity index (χ4n) is 2.57. The zero-order valence-corrected chi connectivity index (χ0v) is 10.2. The van der Waals surface area contributed by atoms with Crippen LogP contribution in [0.25, 0.3) is 0 Å². The van der Waals surface area contributed by atoms with Crippen molar-refractivity contribution in [3.05, 3.63) is 0 Å². The van der Waals surface area contributed by atoms with Gasteiger partial charge in [-0.15, -0.1) is 0 Å². The number of rotatable bonds is 4. The van der Waals surface area contributed by atoms with Crippen molar-refractivity contribution < 1.29 is 9.84 Å². The van der Waals surface area contributed by atoms with Gasteiger partial charge in [-0.25, -0.2) is 0 Å². The number of aliphatic hydroxyl groups is 1. The minimum atomic E-state index is -0.0571. The summed E-state index contributed by atoms with van der Waals surface area (Å²) in [5, 5.41) is 13.1. The van der Waals surface area contributed by atoms with Crippen LogP contribution in [-0.4, -0.2) is 61.5 Å². The molecule has 94 valence electrons. The van der Waals surface area contributed by atoms with Gasteiger partial charge in [-0.1, -0.05) is 0 Å². The molecule has 0 spiro atoms.